The van der Waals surface area contributed by atoms with E-state index in [9.17, 15) is 14.7 Å². The summed E-state index contributed by atoms with van der Waals surface area (Å²) < 4.78 is 0. The topological polar surface area (TPSA) is 83.6 Å². The summed E-state index contributed by atoms with van der Waals surface area (Å²) >= 11 is 5.83. The Morgan fingerprint density at radius 1 is 1.45 bits per heavy atom. The van der Waals surface area contributed by atoms with Crippen LogP contribution in [0.4, 0.5) is 5.69 Å². The molecule has 108 valence electrons. The van der Waals surface area contributed by atoms with Crippen molar-refractivity contribution in [2.24, 2.45) is 5.92 Å². The molecular weight excluding hydrogens is 280 g/mol. The zero-order valence-corrected chi connectivity index (χ0v) is 11.9. The number of hydrogen-bond donors (Lipinski definition) is 2. The molecule has 1 aliphatic heterocycles. The van der Waals surface area contributed by atoms with Gasteiger partial charge in [0.05, 0.1) is 10.7 Å². The Morgan fingerprint density at radius 2 is 2.15 bits per heavy atom. The number of nitrogens with zero attached hydrogens (tertiary/aromatic N) is 1. The molecule has 2 atom stereocenters. The van der Waals surface area contributed by atoms with Crippen LogP contribution in [0.5, 0.6) is 0 Å². The van der Waals surface area contributed by atoms with Gasteiger partial charge in [-0.15, -0.1) is 0 Å². The van der Waals surface area contributed by atoms with Crippen molar-refractivity contribution >= 4 is 29.2 Å². The SMILES string of the molecule is CC1CCN(C(=O)c2ccc(Cl)c(N)c2)C(C(=O)O)C1. The van der Waals surface area contributed by atoms with Crippen LogP contribution in [0.25, 0.3) is 0 Å². The summed E-state index contributed by atoms with van der Waals surface area (Å²) in [5.41, 5.74) is 6.37. The average molecular weight is 297 g/mol. The number of nitrogens with two attached hydrogens (primary N) is 1. The van der Waals surface area contributed by atoms with E-state index in [1.807, 2.05) is 6.92 Å². The van der Waals surface area contributed by atoms with E-state index in [2.05, 4.69) is 0 Å². The monoisotopic (exact) mass is 296 g/mol. The Labute approximate surface area is 122 Å². The first-order valence-electron chi connectivity index (χ1n) is 6.49. The highest BCUT2D eigenvalue weighted by atomic mass is 35.5. The van der Waals surface area contributed by atoms with Gasteiger partial charge in [-0.3, -0.25) is 4.79 Å². The number of carbonyl (C=O) groups excluding carboxylic acids is 1. The van der Waals surface area contributed by atoms with Crippen LogP contribution in [0.3, 0.4) is 0 Å². The second kappa shape index (κ2) is 5.71. The van der Waals surface area contributed by atoms with Crippen LogP contribution in [0.1, 0.15) is 30.1 Å². The van der Waals surface area contributed by atoms with Crippen molar-refractivity contribution in [2.75, 3.05) is 12.3 Å². The molecule has 1 aliphatic rings. The van der Waals surface area contributed by atoms with Crippen LogP contribution in [0, 0.1) is 5.92 Å². The van der Waals surface area contributed by atoms with Gasteiger partial charge in [0.25, 0.3) is 5.91 Å². The summed E-state index contributed by atoms with van der Waals surface area (Å²) in [5, 5.41) is 9.66. The lowest BCUT2D eigenvalue weighted by Gasteiger charge is -2.36. The number of aliphatic carboxylic acids is 1. The molecule has 1 aromatic rings. The van der Waals surface area contributed by atoms with Gasteiger partial charge < -0.3 is 15.7 Å². The molecule has 1 saturated heterocycles. The Morgan fingerprint density at radius 3 is 2.75 bits per heavy atom. The van der Waals surface area contributed by atoms with E-state index < -0.39 is 12.0 Å². The number of likely N-dealkylation sites (tertiary alicyclic amines) is 1. The lowest BCUT2D eigenvalue weighted by Crippen LogP contribution is -2.49. The molecule has 0 saturated carbocycles. The van der Waals surface area contributed by atoms with Crippen molar-refractivity contribution in [3.63, 3.8) is 0 Å². The van der Waals surface area contributed by atoms with Gasteiger partial charge in [0.2, 0.25) is 0 Å². The predicted octanol–water partition coefficient (Wildman–Crippen LogP) is 2.25. The quantitative estimate of drug-likeness (QED) is 0.820. The normalized spacial score (nSPS) is 22.6. The number of carboxylic acids is 1. The minimum Gasteiger partial charge on any atom is -0.480 e. The predicted molar refractivity (Wildman–Crippen MR) is 76.7 cm³/mol. The van der Waals surface area contributed by atoms with E-state index in [0.29, 0.717) is 35.2 Å². The van der Waals surface area contributed by atoms with Gasteiger partial charge in [-0.05, 0) is 37.0 Å². The maximum atomic E-state index is 12.4. The van der Waals surface area contributed by atoms with E-state index >= 15 is 0 Å². The van der Waals surface area contributed by atoms with Gasteiger partial charge in [0.15, 0.2) is 0 Å². The molecule has 2 rings (SSSR count). The Balaban J connectivity index is 2.26. The smallest absolute Gasteiger partial charge is 0.326 e. The fourth-order valence-electron chi connectivity index (χ4n) is 2.46. The van der Waals surface area contributed by atoms with Crippen molar-refractivity contribution in [3.05, 3.63) is 28.8 Å². The van der Waals surface area contributed by atoms with Gasteiger partial charge in [-0.25, -0.2) is 4.79 Å². The van der Waals surface area contributed by atoms with Crippen LogP contribution in [0.15, 0.2) is 18.2 Å². The third-order valence-electron chi connectivity index (χ3n) is 3.65. The maximum Gasteiger partial charge on any atom is 0.326 e. The van der Waals surface area contributed by atoms with Crippen molar-refractivity contribution < 1.29 is 14.7 Å². The lowest BCUT2D eigenvalue weighted by atomic mass is 9.92. The summed E-state index contributed by atoms with van der Waals surface area (Å²) in [4.78, 5) is 25.2. The number of amides is 1. The van der Waals surface area contributed by atoms with Crippen LogP contribution in [0.2, 0.25) is 5.02 Å². The van der Waals surface area contributed by atoms with Gasteiger partial charge >= 0.3 is 5.97 Å². The van der Waals surface area contributed by atoms with Crippen molar-refractivity contribution in [1.82, 2.24) is 4.90 Å². The minimum absolute atomic E-state index is 0.301. The molecule has 1 fully saturated rings. The van der Waals surface area contributed by atoms with Crippen LogP contribution in [-0.2, 0) is 4.79 Å². The van der Waals surface area contributed by atoms with Crippen LogP contribution in [-0.4, -0.2) is 34.5 Å². The molecule has 5 nitrogen and oxygen atoms in total. The number of rotatable bonds is 2. The minimum atomic E-state index is -0.966. The Bertz CT molecular complexity index is 547. The number of nitrogen functional groups attached to an aromatic ring is 1. The molecule has 6 heteroatoms. The molecular formula is C14H17ClN2O3. The molecule has 2 unspecified atom stereocenters. The highest BCUT2D eigenvalue weighted by Crippen LogP contribution is 2.26. The molecule has 20 heavy (non-hydrogen) atoms. The van der Waals surface area contributed by atoms with Crippen molar-refractivity contribution in [3.8, 4) is 0 Å². The summed E-state index contributed by atoms with van der Waals surface area (Å²) in [6, 6.07) is 3.83. The molecule has 0 radical (unpaired) electrons. The third-order valence-corrected chi connectivity index (χ3v) is 4.00. The fraction of sp³-hybridized carbons (Fsp3) is 0.429. The first-order chi connectivity index (χ1) is 9.40. The zero-order chi connectivity index (χ0) is 14.9. The largest absolute Gasteiger partial charge is 0.480 e. The fourth-order valence-corrected chi connectivity index (χ4v) is 2.58. The zero-order valence-electron chi connectivity index (χ0n) is 11.2. The average Bonchev–Trinajstić information content (AvgIpc) is 2.41. The summed E-state index contributed by atoms with van der Waals surface area (Å²) in [5.74, 6) is -0.977. The van der Waals surface area contributed by atoms with Gasteiger partial charge in [0.1, 0.15) is 6.04 Å². The molecule has 3 N–H and O–H groups in total. The molecule has 0 spiro atoms. The number of hydrogen-bond acceptors (Lipinski definition) is 3. The summed E-state index contributed by atoms with van der Waals surface area (Å²) in [6.45, 7) is 2.44. The van der Waals surface area contributed by atoms with Crippen molar-refractivity contribution in [2.45, 2.75) is 25.8 Å². The van der Waals surface area contributed by atoms with Crippen LogP contribution < -0.4 is 5.73 Å². The van der Waals surface area contributed by atoms with Crippen molar-refractivity contribution in [1.29, 1.82) is 0 Å². The number of piperidine rings is 1. The van der Waals surface area contributed by atoms with E-state index in [4.69, 9.17) is 17.3 Å². The summed E-state index contributed by atoms with van der Waals surface area (Å²) in [7, 11) is 0. The number of anilines is 1. The number of carbonyl (C=O) groups is 2. The molecule has 1 heterocycles. The van der Waals surface area contributed by atoms with E-state index in [-0.39, 0.29) is 5.91 Å². The van der Waals surface area contributed by atoms with Crippen LogP contribution >= 0.6 is 11.6 Å². The standard InChI is InChI=1S/C14H17ClN2O3/c1-8-4-5-17(12(6-8)14(19)20)13(18)9-2-3-10(15)11(16)7-9/h2-3,7-8,12H,4-6,16H2,1H3,(H,19,20). The number of carboxylic acid groups (broad SMARTS) is 1. The number of benzene rings is 1. The highest BCUT2D eigenvalue weighted by molar-refractivity contribution is 6.33. The third kappa shape index (κ3) is 2.88. The van der Waals surface area contributed by atoms with E-state index in [0.717, 1.165) is 6.42 Å². The lowest BCUT2D eigenvalue weighted by molar-refractivity contribution is -0.144. The Kier molecular flexibility index (Phi) is 4.18. The molecule has 1 amide bonds. The van der Waals surface area contributed by atoms with E-state index in [1.165, 1.54) is 11.0 Å². The molecule has 0 bridgehead atoms. The number of halogens is 1. The summed E-state index contributed by atoms with van der Waals surface area (Å²) in [6.07, 6.45) is 1.28. The Hall–Kier alpha value is -1.75. The maximum absolute atomic E-state index is 12.4. The molecule has 1 aromatic carbocycles. The second-order valence-electron chi connectivity index (χ2n) is 5.22. The van der Waals surface area contributed by atoms with Gasteiger partial charge in [-0.2, -0.15) is 0 Å². The highest BCUT2D eigenvalue weighted by Gasteiger charge is 2.35. The molecule has 0 aromatic heterocycles. The van der Waals surface area contributed by atoms with Gasteiger partial charge in [0, 0.05) is 12.1 Å². The van der Waals surface area contributed by atoms with Gasteiger partial charge in [-0.1, -0.05) is 18.5 Å². The van der Waals surface area contributed by atoms with E-state index in [1.54, 1.807) is 12.1 Å². The second-order valence-corrected chi connectivity index (χ2v) is 5.63. The molecule has 0 aliphatic carbocycles. The first-order valence-corrected chi connectivity index (χ1v) is 6.86. The first kappa shape index (κ1) is 14.7.